The number of carbonyl (C=O) groups is 1. The van der Waals surface area contributed by atoms with Crippen molar-refractivity contribution in [1.82, 2.24) is 20.1 Å². The van der Waals surface area contributed by atoms with E-state index in [4.69, 9.17) is 0 Å². The summed E-state index contributed by atoms with van der Waals surface area (Å²) in [4.78, 5) is 30.4. The van der Waals surface area contributed by atoms with Crippen molar-refractivity contribution < 1.29 is 4.79 Å². The van der Waals surface area contributed by atoms with E-state index in [-0.39, 0.29) is 23.4 Å². The van der Waals surface area contributed by atoms with Crippen molar-refractivity contribution in [2.24, 2.45) is 10.9 Å². The zero-order chi connectivity index (χ0) is 19.6. The summed E-state index contributed by atoms with van der Waals surface area (Å²) in [5.74, 6) is 1.07. The van der Waals surface area contributed by atoms with E-state index in [1.807, 2.05) is 37.9 Å². The standard InChI is InChI=1S/C20H33N5O2/c1-4-21-20(23-17-10-14-25(15-17)19(27)16(2)3)22-11-6-8-13-24-12-7-5-9-18(24)26/h5,7,9,12,16-17H,4,6,8,10-11,13-15H2,1-3H3,(H2,21,22,23). The van der Waals surface area contributed by atoms with Crippen LogP contribution < -0.4 is 16.2 Å². The van der Waals surface area contributed by atoms with Gasteiger partial charge in [0.1, 0.15) is 0 Å². The van der Waals surface area contributed by atoms with Gasteiger partial charge < -0.3 is 20.1 Å². The van der Waals surface area contributed by atoms with Crippen molar-refractivity contribution in [3.8, 4) is 0 Å². The molecular weight excluding hydrogens is 342 g/mol. The first-order valence-corrected chi connectivity index (χ1v) is 10.0. The predicted octanol–water partition coefficient (Wildman–Crippen LogP) is 1.44. The fourth-order valence-electron chi connectivity index (χ4n) is 3.19. The van der Waals surface area contributed by atoms with E-state index in [9.17, 15) is 9.59 Å². The van der Waals surface area contributed by atoms with Gasteiger partial charge in [-0.25, -0.2) is 0 Å². The molecule has 0 aliphatic carbocycles. The molecule has 1 aromatic rings. The summed E-state index contributed by atoms with van der Waals surface area (Å²) in [5.41, 5.74) is 0.0396. The molecular formula is C20H33N5O2. The van der Waals surface area contributed by atoms with Crippen molar-refractivity contribution in [3.63, 3.8) is 0 Å². The zero-order valence-corrected chi connectivity index (χ0v) is 16.8. The number of pyridine rings is 1. The van der Waals surface area contributed by atoms with Crippen molar-refractivity contribution >= 4 is 11.9 Å². The number of aryl methyl sites for hydroxylation is 1. The number of carbonyl (C=O) groups excluding carboxylic acids is 1. The normalized spacial score (nSPS) is 17.4. The molecule has 7 nitrogen and oxygen atoms in total. The fraction of sp³-hybridized carbons (Fsp3) is 0.650. The average molecular weight is 376 g/mol. The number of nitrogens with one attached hydrogen (secondary N) is 2. The molecule has 1 atom stereocenters. The third-order valence-electron chi connectivity index (χ3n) is 4.65. The first-order valence-electron chi connectivity index (χ1n) is 10.0. The molecule has 7 heteroatoms. The summed E-state index contributed by atoms with van der Waals surface area (Å²) in [5, 5.41) is 6.72. The first-order chi connectivity index (χ1) is 13.0. The number of amides is 1. The first kappa shape index (κ1) is 21.0. The minimum atomic E-state index is 0.0396. The molecule has 1 aliphatic rings. The largest absolute Gasteiger partial charge is 0.357 e. The van der Waals surface area contributed by atoms with Crippen LogP contribution in [0.3, 0.4) is 0 Å². The molecule has 27 heavy (non-hydrogen) atoms. The number of rotatable bonds is 8. The highest BCUT2D eigenvalue weighted by Crippen LogP contribution is 2.12. The van der Waals surface area contributed by atoms with Crippen LogP contribution in [0.1, 0.15) is 40.0 Å². The minimum Gasteiger partial charge on any atom is -0.357 e. The summed E-state index contributed by atoms with van der Waals surface area (Å²) >= 11 is 0. The second-order valence-electron chi connectivity index (χ2n) is 7.27. The molecule has 1 aliphatic heterocycles. The zero-order valence-electron chi connectivity index (χ0n) is 16.8. The van der Waals surface area contributed by atoms with Crippen molar-refractivity contribution in [3.05, 3.63) is 34.7 Å². The third-order valence-corrected chi connectivity index (χ3v) is 4.65. The number of hydrogen-bond acceptors (Lipinski definition) is 3. The van der Waals surface area contributed by atoms with Gasteiger partial charge >= 0.3 is 0 Å². The molecule has 1 amide bonds. The quantitative estimate of drug-likeness (QED) is 0.409. The van der Waals surface area contributed by atoms with Crippen LogP contribution in [0.2, 0.25) is 0 Å². The highest BCUT2D eigenvalue weighted by Gasteiger charge is 2.27. The van der Waals surface area contributed by atoms with Gasteiger partial charge in [0.05, 0.1) is 0 Å². The number of guanidine groups is 1. The molecule has 2 heterocycles. The van der Waals surface area contributed by atoms with Crippen LogP contribution in [0.5, 0.6) is 0 Å². The molecule has 1 saturated heterocycles. The third kappa shape index (κ3) is 6.73. The molecule has 0 radical (unpaired) electrons. The minimum absolute atomic E-state index is 0.0396. The van der Waals surface area contributed by atoms with Crippen LogP contribution in [0, 0.1) is 5.92 Å². The van der Waals surface area contributed by atoms with Gasteiger partial charge in [-0.05, 0) is 32.3 Å². The summed E-state index contributed by atoms with van der Waals surface area (Å²) < 4.78 is 1.73. The Morgan fingerprint density at radius 2 is 2.15 bits per heavy atom. The lowest BCUT2D eigenvalue weighted by Crippen LogP contribution is -2.45. The highest BCUT2D eigenvalue weighted by molar-refractivity contribution is 5.81. The van der Waals surface area contributed by atoms with Crippen LogP contribution in [0.4, 0.5) is 0 Å². The smallest absolute Gasteiger partial charge is 0.250 e. The van der Waals surface area contributed by atoms with E-state index in [2.05, 4.69) is 15.6 Å². The lowest BCUT2D eigenvalue weighted by Gasteiger charge is -2.20. The topological polar surface area (TPSA) is 78.7 Å². The molecule has 1 aromatic heterocycles. The van der Waals surface area contributed by atoms with Crippen LogP contribution in [0.25, 0.3) is 0 Å². The lowest BCUT2D eigenvalue weighted by atomic mass is 10.2. The Kier molecular flexibility index (Phi) is 8.36. The lowest BCUT2D eigenvalue weighted by molar-refractivity contribution is -0.133. The molecule has 2 rings (SSSR count). The number of unbranched alkanes of at least 4 members (excludes halogenated alkanes) is 1. The second kappa shape index (κ2) is 10.7. The maximum Gasteiger partial charge on any atom is 0.250 e. The second-order valence-corrected chi connectivity index (χ2v) is 7.27. The fourth-order valence-corrected chi connectivity index (χ4v) is 3.19. The maximum atomic E-state index is 12.1. The SMILES string of the molecule is CCNC(=NCCCCn1ccccc1=O)NC1CCN(C(=O)C(C)C)C1. The van der Waals surface area contributed by atoms with E-state index < -0.39 is 0 Å². The molecule has 1 unspecified atom stereocenters. The average Bonchev–Trinajstić information content (AvgIpc) is 3.10. The number of nitrogens with zero attached hydrogens (tertiary/aromatic N) is 3. The Morgan fingerprint density at radius 1 is 1.33 bits per heavy atom. The number of aromatic nitrogens is 1. The molecule has 2 N–H and O–H groups in total. The predicted molar refractivity (Wildman–Crippen MR) is 109 cm³/mol. The molecule has 1 fully saturated rings. The number of likely N-dealkylation sites (tertiary alicyclic amines) is 1. The van der Waals surface area contributed by atoms with Crippen LogP contribution in [-0.4, -0.2) is 53.6 Å². The van der Waals surface area contributed by atoms with Gasteiger partial charge in [-0.1, -0.05) is 19.9 Å². The Balaban J connectivity index is 1.76. The van der Waals surface area contributed by atoms with E-state index >= 15 is 0 Å². The highest BCUT2D eigenvalue weighted by atomic mass is 16.2. The Morgan fingerprint density at radius 3 is 2.85 bits per heavy atom. The van der Waals surface area contributed by atoms with Crippen LogP contribution in [0.15, 0.2) is 34.2 Å². The van der Waals surface area contributed by atoms with Gasteiger partial charge in [-0.3, -0.25) is 14.6 Å². The van der Waals surface area contributed by atoms with Gasteiger partial charge in [0.15, 0.2) is 5.96 Å². The molecule has 0 saturated carbocycles. The Labute approximate surface area is 161 Å². The van der Waals surface area contributed by atoms with Crippen molar-refractivity contribution in [2.45, 2.75) is 52.6 Å². The van der Waals surface area contributed by atoms with Gasteiger partial charge in [0.2, 0.25) is 11.5 Å². The van der Waals surface area contributed by atoms with Crippen molar-refractivity contribution in [1.29, 1.82) is 0 Å². The number of aliphatic imine (C=N–C) groups is 1. The summed E-state index contributed by atoms with van der Waals surface area (Å²) in [6.07, 6.45) is 4.59. The van der Waals surface area contributed by atoms with Gasteiger partial charge in [-0.2, -0.15) is 0 Å². The van der Waals surface area contributed by atoms with Crippen LogP contribution in [-0.2, 0) is 11.3 Å². The molecule has 0 spiro atoms. The number of hydrogen-bond donors (Lipinski definition) is 2. The van der Waals surface area contributed by atoms with Gasteiger partial charge in [0, 0.05) is 56.9 Å². The van der Waals surface area contributed by atoms with E-state index in [1.165, 1.54) is 0 Å². The molecule has 0 bridgehead atoms. The Hall–Kier alpha value is -2.31. The monoisotopic (exact) mass is 375 g/mol. The maximum absolute atomic E-state index is 12.1. The van der Waals surface area contributed by atoms with Gasteiger partial charge in [0.25, 0.3) is 0 Å². The molecule has 0 aromatic carbocycles. The van der Waals surface area contributed by atoms with Crippen LogP contribution >= 0.6 is 0 Å². The summed E-state index contributed by atoms with van der Waals surface area (Å²) in [7, 11) is 0. The van der Waals surface area contributed by atoms with Gasteiger partial charge in [-0.15, -0.1) is 0 Å². The van der Waals surface area contributed by atoms with Crippen molar-refractivity contribution in [2.75, 3.05) is 26.2 Å². The summed E-state index contributed by atoms with van der Waals surface area (Å²) in [6, 6.07) is 5.46. The molecule has 150 valence electrons. The van der Waals surface area contributed by atoms with E-state index in [0.717, 1.165) is 44.9 Å². The van der Waals surface area contributed by atoms with E-state index in [0.29, 0.717) is 13.1 Å². The van der Waals surface area contributed by atoms with E-state index in [1.54, 1.807) is 16.7 Å². The Bertz CT molecular complexity index is 683. The summed E-state index contributed by atoms with van der Waals surface area (Å²) in [6.45, 7) is 9.69.